The third-order valence-electron chi connectivity index (χ3n) is 3.96. The van der Waals surface area contributed by atoms with Gasteiger partial charge in [-0.2, -0.15) is 0 Å². The summed E-state index contributed by atoms with van der Waals surface area (Å²) in [4.78, 5) is 8.55. The molecule has 2 unspecified atom stereocenters. The first-order valence-corrected chi connectivity index (χ1v) is 6.96. The first-order chi connectivity index (χ1) is 8.67. The Morgan fingerprint density at radius 2 is 2.33 bits per heavy atom. The summed E-state index contributed by atoms with van der Waals surface area (Å²) >= 11 is 0. The van der Waals surface area contributed by atoms with Crippen LogP contribution in [0.5, 0.6) is 0 Å². The Balaban J connectivity index is 2.13. The average molecular weight is 248 g/mol. The van der Waals surface area contributed by atoms with E-state index in [1.54, 1.807) is 6.33 Å². The fourth-order valence-corrected chi connectivity index (χ4v) is 2.94. The van der Waals surface area contributed by atoms with Gasteiger partial charge in [0.05, 0.1) is 5.54 Å². The Bertz CT molecular complexity index is 393. The topological polar surface area (TPSA) is 63.8 Å². The molecule has 0 aromatic carbocycles. The predicted molar refractivity (Wildman–Crippen MR) is 74.5 cm³/mol. The quantitative estimate of drug-likeness (QED) is 0.858. The SMILES string of the molecule is CCc1cc(NC2(CN)CCCC(C)C2)ncn1. The zero-order valence-corrected chi connectivity index (χ0v) is 11.4. The van der Waals surface area contributed by atoms with Crippen LogP contribution < -0.4 is 11.1 Å². The molecule has 1 aliphatic carbocycles. The molecule has 2 rings (SSSR count). The first-order valence-electron chi connectivity index (χ1n) is 6.96. The van der Waals surface area contributed by atoms with Gasteiger partial charge in [-0.05, 0) is 25.2 Å². The first kappa shape index (κ1) is 13.3. The minimum atomic E-state index is 0.0248. The number of hydrogen-bond acceptors (Lipinski definition) is 4. The Hall–Kier alpha value is -1.16. The van der Waals surface area contributed by atoms with Crippen molar-refractivity contribution in [2.75, 3.05) is 11.9 Å². The highest BCUT2D eigenvalue weighted by Gasteiger charge is 2.33. The van der Waals surface area contributed by atoms with Gasteiger partial charge in [0.2, 0.25) is 0 Å². The van der Waals surface area contributed by atoms with Crippen molar-refractivity contribution in [3.63, 3.8) is 0 Å². The molecule has 0 bridgehead atoms. The van der Waals surface area contributed by atoms with Gasteiger partial charge in [-0.3, -0.25) is 0 Å². The second kappa shape index (κ2) is 5.65. The van der Waals surface area contributed by atoms with E-state index in [0.717, 1.165) is 36.7 Å². The molecule has 0 amide bonds. The van der Waals surface area contributed by atoms with E-state index in [0.29, 0.717) is 6.54 Å². The van der Waals surface area contributed by atoms with Gasteiger partial charge >= 0.3 is 0 Å². The van der Waals surface area contributed by atoms with Crippen molar-refractivity contribution in [1.82, 2.24) is 9.97 Å². The van der Waals surface area contributed by atoms with E-state index in [-0.39, 0.29) is 5.54 Å². The van der Waals surface area contributed by atoms with Crippen molar-refractivity contribution in [1.29, 1.82) is 0 Å². The summed E-state index contributed by atoms with van der Waals surface area (Å²) in [6, 6.07) is 2.04. The zero-order chi connectivity index (χ0) is 13.0. The number of aromatic nitrogens is 2. The van der Waals surface area contributed by atoms with Crippen LogP contribution >= 0.6 is 0 Å². The maximum absolute atomic E-state index is 6.01. The molecule has 1 saturated carbocycles. The molecule has 1 aromatic rings. The van der Waals surface area contributed by atoms with Crippen LogP contribution in [0.25, 0.3) is 0 Å². The summed E-state index contributed by atoms with van der Waals surface area (Å²) < 4.78 is 0. The van der Waals surface area contributed by atoms with E-state index in [2.05, 4.69) is 29.1 Å². The van der Waals surface area contributed by atoms with Crippen molar-refractivity contribution >= 4 is 5.82 Å². The van der Waals surface area contributed by atoms with Gasteiger partial charge in [0, 0.05) is 18.3 Å². The lowest BCUT2D eigenvalue weighted by atomic mass is 9.76. The average Bonchev–Trinajstić information content (AvgIpc) is 2.39. The van der Waals surface area contributed by atoms with E-state index in [9.17, 15) is 0 Å². The number of nitrogens with one attached hydrogen (secondary N) is 1. The van der Waals surface area contributed by atoms with Crippen molar-refractivity contribution in [2.45, 2.75) is 51.5 Å². The molecule has 4 nitrogen and oxygen atoms in total. The van der Waals surface area contributed by atoms with Gasteiger partial charge in [0.25, 0.3) is 0 Å². The van der Waals surface area contributed by atoms with Crippen molar-refractivity contribution < 1.29 is 0 Å². The summed E-state index contributed by atoms with van der Waals surface area (Å²) in [7, 11) is 0. The molecule has 18 heavy (non-hydrogen) atoms. The highest BCUT2D eigenvalue weighted by molar-refractivity contribution is 5.38. The fraction of sp³-hybridized carbons (Fsp3) is 0.714. The van der Waals surface area contributed by atoms with Crippen LogP contribution in [-0.4, -0.2) is 22.1 Å². The molecule has 0 spiro atoms. The summed E-state index contributed by atoms with van der Waals surface area (Å²) in [6.07, 6.45) is 7.40. The van der Waals surface area contributed by atoms with E-state index in [1.165, 1.54) is 12.8 Å². The minimum absolute atomic E-state index is 0.0248. The van der Waals surface area contributed by atoms with E-state index in [1.807, 2.05) is 6.07 Å². The molecule has 1 aliphatic rings. The van der Waals surface area contributed by atoms with Crippen molar-refractivity contribution in [3.05, 3.63) is 18.1 Å². The van der Waals surface area contributed by atoms with E-state index < -0.39 is 0 Å². The lowest BCUT2D eigenvalue weighted by molar-refractivity contribution is 0.263. The van der Waals surface area contributed by atoms with E-state index in [4.69, 9.17) is 5.73 Å². The van der Waals surface area contributed by atoms with Crippen molar-refractivity contribution in [3.8, 4) is 0 Å². The van der Waals surface area contributed by atoms with Crippen LogP contribution in [0.3, 0.4) is 0 Å². The van der Waals surface area contributed by atoms with Crippen LogP contribution in [0.15, 0.2) is 12.4 Å². The maximum atomic E-state index is 6.01. The molecule has 100 valence electrons. The number of rotatable bonds is 4. The van der Waals surface area contributed by atoms with Crippen LogP contribution in [0.2, 0.25) is 0 Å². The number of anilines is 1. The molecule has 0 aliphatic heterocycles. The molecule has 1 aromatic heterocycles. The molecule has 1 fully saturated rings. The fourth-order valence-electron chi connectivity index (χ4n) is 2.94. The highest BCUT2D eigenvalue weighted by Crippen LogP contribution is 2.33. The zero-order valence-electron chi connectivity index (χ0n) is 11.4. The minimum Gasteiger partial charge on any atom is -0.363 e. The monoisotopic (exact) mass is 248 g/mol. The van der Waals surface area contributed by atoms with Crippen molar-refractivity contribution in [2.24, 2.45) is 11.7 Å². The Kier molecular flexibility index (Phi) is 4.17. The molecular formula is C14H24N4. The lowest BCUT2D eigenvalue weighted by Crippen LogP contribution is -2.48. The van der Waals surface area contributed by atoms with Gasteiger partial charge in [-0.1, -0.05) is 26.7 Å². The molecule has 3 N–H and O–H groups in total. The number of aryl methyl sites for hydroxylation is 1. The highest BCUT2D eigenvalue weighted by atomic mass is 15.1. The molecular weight excluding hydrogens is 224 g/mol. The summed E-state index contributed by atoms with van der Waals surface area (Å²) in [5.74, 6) is 1.66. The van der Waals surface area contributed by atoms with Crippen LogP contribution in [0.1, 0.15) is 45.2 Å². The molecule has 0 radical (unpaired) electrons. The maximum Gasteiger partial charge on any atom is 0.130 e. The van der Waals surface area contributed by atoms with Gasteiger partial charge in [-0.25, -0.2) is 9.97 Å². The molecule has 2 atom stereocenters. The third-order valence-corrected chi connectivity index (χ3v) is 3.96. The largest absolute Gasteiger partial charge is 0.363 e. The number of nitrogens with two attached hydrogens (primary N) is 1. The third kappa shape index (κ3) is 2.99. The van der Waals surface area contributed by atoms with E-state index >= 15 is 0 Å². The van der Waals surface area contributed by atoms with Gasteiger partial charge in [0.1, 0.15) is 12.1 Å². The number of hydrogen-bond donors (Lipinski definition) is 2. The molecule has 1 heterocycles. The Morgan fingerprint density at radius 3 is 3.00 bits per heavy atom. The normalized spacial score (nSPS) is 28.1. The second-order valence-corrected chi connectivity index (χ2v) is 5.56. The second-order valence-electron chi connectivity index (χ2n) is 5.56. The summed E-state index contributed by atoms with van der Waals surface area (Å²) in [5.41, 5.74) is 7.11. The number of nitrogens with zero attached hydrogens (tertiary/aromatic N) is 2. The molecule has 4 heteroatoms. The lowest BCUT2D eigenvalue weighted by Gasteiger charge is -2.40. The van der Waals surface area contributed by atoms with Crippen LogP contribution in [0, 0.1) is 5.92 Å². The van der Waals surface area contributed by atoms with Crippen LogP contribution in [0.4, 0.5) is 5.82 Å². The van der Waals surface area contributed by atoms with Gasteiger partial charge in [0.15, 0.2) is 0 Å². The summed E-state index contributed by atoms with van der Waals surface area (Å²) in [6.45, 7) is 5.08. The summed E-state index contributed by atoms with van der Waals surface area (Å²) in [5, 5.41) is 3.57. The Morgan fingerprint density at radius 1 is 1.50 bits per heavy atom. The standard InChI is InChI=1S/C14H24N4/c1-3-12-7-13(17-10-16-12)18-14(9-15)6-4-5-11(2)8-14/h7,10-11H,3-6,8-9,15H2,1-2H3,(H,16,17,18). The Labute approximate surface area is 109 Å². The molecule has 0 saturated heterocycles. The van der Waals surface area contributed by atoms with Gasteiger partial charge in [-0.15, -0.1) is 0 Å². The van der Waals surface area contributed by atoms with Gasteiger partial charge < -0.3 is 11.1 Å². The smallest absolute Gasteiger partial charge is 0.130 e. The predicted octanol–water partition coefficient (Wildman–Crippen LogP) is 2.36. The van der Waals surface area contributed by atoms with Crippen LogP contribution in [-0.2, 0) is 6.42 Å².